The molecule has 0 radical (unpaired) electrons. The zero-order chi connectivity index (χ0) is 11.5. The fourth-order valence-electron chi connectivity index (χ4n) is 1.13. The molecule has 0 amide bonds. The van der Waals surface area contributed by atoms with Gasteiger partial charge < -0.3 is 20.4 Å². The van der Waals surface area contributed by atoms with Crippen LogP contribution in [0.4, 0.5) is 0 Å². The average molecular weight is 207 g/mol. The lowest BCUT2D eigenvalue weighted by molar-refractivity contribution is -0.198. The van der Waals surface area contributed by atoms with Gasteiger partial charge in [0.05, 0.1) is 6.10 Å². The molecule has 6 nitrogen and oxygen atoms in total. The van der Waals surface area contributed by atoms with E-state index in [4.69, 9.17) is 10.2 Å². The number of likely N-dealkylation sites (N-methyl/N-ethyl adjacent to an activating group) is 1. The third kappa shape index (κ3) is 2.28. The molecule has 0 bridgehead atoms. The second-order valence-electron chi connectivity index (χ2n) is 3.39. The minimum Gasteiger partial charge on any atom is -0.391 e. The van der Waals surface area contributed by atoms with Crippen molar-refractivity contribution in [2.75, 3.05) is 20.7 Å². The van der Waals surface area contributed by atoms with E-state index in [1.807, 2.05) is 0 Å². The fraction of sp³-hybridized carbons (Fsp3) is 0.875. The summed E-state index contributed by atoms with van der Waals surface area (Å²) >= 11 is 0. The molecule has 84 valence electrons. The summed E-state index contributed by atoms with van der Waals surface area (Å²) in [5, 5.41) is 36.9. The number of nitrogens with zero attached hydrogens (tertiary/aromatic N) is 1. The highest BCUT2D eigenvalue weighted by molar-refractivity contribution is 5.88. The highest BCUT2D eigenvalue weighted by Crippen LogP contribution is 2.18. The van der Waals surface area contributed by atoms with Crippen LogP contribution in [-0.4, -0.2) is 69.7 Å². The molecule has 0 aliphatic rings. The number of rotatable bonds is 5. The van der Waals surface area contributed by atoms with Gasteiger partial charge in [0.15, 0.2) is 0 Å². The number of aliphatic hydroxyl groups is 4. The van der Waals surface area contributed by atoms with E-state index in [9.17, 15) is 15.0 Å². The number of aliphatic hydroxyl groups excluding tert-OH is 3. The third-order valence-electron chi connectivity index (χ3n) is 2.11. The molecule has 0 heterocycles. The van der Waals surface area contributed by atoms with E-state index in [1.165, 1.54) is 21.0 Å². The van der Waals surface area contributed by atoms with E-state index < -0.39 is 30.3 Å². The normalized spacial score (nSPS) is 20.3. The van der Waals surface area contributed by atoms with Crippen LogP contribution in [0.25, 0.3) is 0 Å². The number of hydrogen-bond donors (Lipinski definition) is 4. The summed E-state index contributed by atoms with van der Waals surface area (Å²) in [5.74, 6) is -0.962. The van der Waals surface area contributed by atoms with Gasteiger partial charge >= 0.3 is 0 Å². The topological polar surface area (TPSA) is 101 Å². The van der Waals surface area contributed by atoms with Gasteiger partial charge in [0.2, 0.25) is 11.5 Å². The van der Waals surface area contributed by atoms with Gasteiger partial charge in [0.25, 0.3) is 0 Å². The van der Waals surface area contributed by atoms with Gasteiger partial charge in [-0.25, -0.2) is 0 Å². The van der Waals surface area contributed by atoms with Crippen LogP contribution in [0.5, 0.6) is 0 Å². The molecular formula is C8H17NO5. The van der Waals surface area contributed by atoms with Crippen molar-refractivity contribution in [1.82, 2.24) is 4.90 Å². The lowest BCUT2D eigenvalue weighted by Gasteiger charge is -2.37. The predicted octanol–water partition coefficient (Wildman–Crippen LogP) is -2.46. The van der Waals surface area contributed by atoms with Gasteiger partial charge in [-0.1, -0.05) is 0 Å². The summed E-state index contributed by atoms with van der Waals surface area (Å²) < 4.78 is 0. The molecule has 6 heteroatoms. The van der Waals surface area contributed by atoms with Gasteiger partial charge in [-0.15, -0.1) is 0 Å². The first-order valence-electron chi connectivity index (χ1n) is 4.18. The van der Waals surface area contributed by atoms with E-state index in [1.54, 1.807) is 0 Å². The molecule has 0 aromatic rings. The van der Waals surface area contributed by atoms with E-state index >= 15 is 0 Å². The maximum Gasteiger partial charge on any atom is 0.209 e. The number of hydrogen-bond acceptors (Lipinski definition) is 6. The van der Waals surface area contributed by atoms with Crippen LogP contribution in [0.2, 0.25) is 0 Å². The standard InChI is InChI=1S/C8H17NO5/c1-5(11)7(13)8(14,9(2)3)6(12)4-10/h5,7,10-11,13-14H,4H2,1-3H3/t5-,7-,8-/m1/s1. The van der Waals surface area contributed by atoms with Crippen molar-refractivity contribution in [2.24, 2.45) is 0 Å². The summed E-state index contributed by atoms with van der Waals surface area (Å²) in [7, 11) is 2.72. The summed E-state index contributed by atoms with van der Waals surface area (Å²) in [6.07, 6.45) is -2.95. The van der Waals surface area contributed by atoms with Gasteiger partial charge in [-0.2, -0.15) is 0 Å². The number of Topliss-reactive ketones (excluding diaryl/α,β-unsaturated/α-hetero) is 1. The van der Waals surface area contributed by atoms with Gasteiger partial charge in [-0.05, 0) is 21.0 Å². The van der Waals surface area contributed by atoms with Gasteiger partial charge in [0.1, 0.15) is 12.7 Å². The Labute approximate surface area is 82.4 Å². The zero-order valence-electron chi connectivity index (χ0n) is 8.51. The van der Waals surface area contributed by atoms with Crippen molar-refractivity contribution in [2.45, 2.75) is 24.9 Å². The Morgan fingerprint density at radius 3 is 2.07 bits per heavy atom. The molecule has 0 unspecified atom stereocenters. The van der Waals surface area contributed by atoms with Crippen molar-refractivity contribution < 1.29 is 25.2 Å². The first-order valence-corrected chi connectivity index (χ1v) is 4.18. The molecule has 3 atom stereocenters. The maximum absolute atomic E-state index is 11.2. The quantitative estimate of drug-likeness (QED) is 0.373. The number of carbonyl (C=O) groups is 1. The highest BCUT2D eigenvalue weighted by atomic mass is 16.4. The minimum absolute atomic E-state index is 0.904. The zero-order valence-corrected chi connectivity index (χ0v) is 8.51. The maximum atomic E-state index is 11.2. The van der Waals surface area contributed by atoms with Crippen molar-refractivity contribution in [1.29, 1.82) is 0 Å². The average Bonchev–Trinajstić information content (AvgIpc) is 2.13. The largest absolute Gasteiger partial charge is 0.391 e. The molecule has 0 aliphatic carbocycles. The van der Waals surface area contributed by atoms with Crippen LogP contribution in [0.1, 0.15) is 6.92 Å². The molecule has 0 aromatic carbocycles. The van der Waals surface area contributed by atoms with Gasteiger partial charge in [0, 0.05) is 0 Å². The van der Waals surface area contributed by atoms with Crippen molar-refractivity contribution in [3.05, 3.63) is 0 Å². The van der Waals surface area contributed by atoms with Crippen LogP contribution in [0.15, 0.2) is 0 Å². The van der Waals surface area contributed by atoms with Crippen LogP contribution in [0.3, 0.4) is 0 Å². The Morgan fingerprint density at radius 2 is 1.86 bits per heavy atom. The van der Waals surface area contributed by atoms with E-state index in [0.29, 0.717) is 0 Å². The highest BCUT2D eigenvalue weighted by Gasteiger charge is 2.46. The van der Waals surface area contributed by atoms with Crippen molar-refractivity contribution in [3.8, 4) is 0 Å². The monoisotopic (exact) mass is 207 g/mol. The smallest absolute Gasteiger partial charge is 0.209 e. The summed E-state index contributed by atoms with van der Waals surface area (Å²) in [6, 6.07) is 0. The van der Waals surface area contributed by atoms with E-state index in [-0.39, 0.29) is 0 Å². The molecule has 0 saturated carbocycles. The molecule has 4 N–H and O–H groups in total. The molecule has 0 saturated heterocycles. The first kappa shape index (κ1) is 13.5. The lowest BCUT2D eigenvalue weighted by Crippen LogP contribution is -2.63. The fourth-order valence-corrected chi connectivity index (χ4v) is 1.13. The Morgan fingerprint density at radius 1 is 1.43 bits per heavy atom. The van der Waals surface area contributed by atoms with Crippen LogP contribution in [-0.2, 0) is 4.79 Å². The van der Waals surface area contributed by atoms with Crippen molar-refractivity contribution in [3.63, 3.8) is 0 Å². The molecule has 0 aromatic heterocycles. The van der Waals surface area contributed by atoms with Crippen LogP contribution in [0, 0.1) is 0 Å². The number of carbonyl (C=O) groups excluding carboxylic acids is 1. The van der Waals surface area contributed by atoms with E-state index in [2.05, 4.69) is 0 Å². The molecule has 0 aliphatic heterocycles. The first-order chi connectivity index (χ1) is 6.28. The molecule has 0 rings (SSSR count). The van der Waals surface area contributed by atoms with Crippen LogP contribution >= 0.6 is 0 Å². The predicted molar refractivity (Wildman–Crippen MR) is 48.4 cm³/mol. The SMILES string of the molecule is C[C@@H](O)[C@@H](O)[C@](O)(C(=O)CO)N(C)C. The summed E-state index contributed by atoms with van der Waals surface area (Å²) in [5.41, 5.74) is -2.26. The van der Waals surface area contributed by atoms with Crippen molar-refractivity contribution >= 4 is 5.78 Å². The van der Waals surface area contributed by atoms with E-state index in [0.717, 1.165) is 4.90 Å². The Bertz CT molecular complexity index is 206. The minimum atomic E-state index is -2.26. The Balaban J connectivity index is 4.99. The van der Waals surface area contributed by atoms with Gasteiger partial charge in [-0.3, -0.25) is 9.69 Å². The molecular weight excluding hydrogens is 190 g/mol. The third-order valence-corrected chi connectivity index (χ3v) is 2.11. The Hall–Kier alpha value is -0.530. The second-order valence-corrected chi connectivity index (χ2v) is 3.39. The lowest BCUT2D eigenvalue weighted by atomic mass is 9.96. The number of ketones is 1. The second kappa shape index (κ2) is 4.81. The summed E-state index contributed by atoms with van der Waals surface area (Å²) in [6.45, 7) is 0.336. The molecule has 14 heavy (non-hydrogen) atoms. The molecule has 0 fully saturated rings. The molecule has 0 spiro atoms. The summed E-state index contributed by atoms with van der Waals surface area (Å²) in [4.78, 5) is 12.3. The Kier molecular flexibility index (Phi) is 4.63. The van der Waals surface area contributed by atoms with Crippen LogP contribution < -0.4 is 0 Å².